The average molecular weight is 338 g/mol. The number of piperidine rings is 1. The first-order valence-corrected chi connectivity index (χ1v) is 9.34. The number of carbonyl (C=O) groups excluding carboxylic acids is 2. The third-order valence-corrected chi connectivity index (χ3v) is 6.26. The van der Waals surface area contributed by atoms with Crippen LogP contribution in [0.15, 0.2) is 0 Å². The summed E-state index contributed by atoms with van der Waals surface area (Å²) in [5.41, 5.74) is -0.0435. The van der Waals surface area contributed by atoms with Crippen molar-refractivity contribution in [3.8, 4) is 0 Å². The molecule has 3 aliphatic rings. The van der Waals surface area contributed by atoms with Gasteiger partial charge in [-0.2, -0.15) is 0 Å². The predicted molar refractivity (Wildman–Crippen MR) is 89.2 cm³/mol. The van der Waals surface area contributed by atoms with Crippen molar-refractivity contribution in [1.29, 1.82) is 0 Å². The SMILES string of the molecule is CCOCC1C(=O)N(CC)CC12CCN(C(=O)C1CC(O)C1)CC2. The summed E-state index contributed by atoms with van der Waals surface area (Å²) in [5.74, 6) is 0.340. The summed E-state index contributed by atoms with van der Waals surface area (Å²) in [6, 6.07) is 0. The maximum atomic E-state index is 12.7. The highest BCUT2D eigenvalue weighted by molar-refractivity contribution is 5.83. The molecule has 2 saturated heterocycles. The molecule has 1 spiro atoms. The van der Waals surface area contributed by atoms with E-state index in [0.717, 1.165) is 39.0 Å². The summed E-state index contributed by atoms with van der Waals surface area (Å²) in [6.45, 7) is 8.08. The molecule has 1 unspecified atom stereocenters. The van der Waals surface area contributed by atoms with Crippen LogP contribution >= 0.6 is 0 Å². The molecule has 6 heteroatoms. The molecule has 2 heterocycles. The zero-order valence-corrected chi connectivity index (χ0v) is 14.9. The van der Waals surface area contributed by atoms with Gasteiger partial charge in [-0.15, -0.1) is 0 Å². The van der Waals surface area contributed by atoms with Crippen LogP contribution < -0.4 is 0 Å². The highest BCUT2D eigenvalue weighted by Crippen LogP contribution is 2.46. The van der Waals surface area contributed by atoms with Gasteiger partial charge in [0.2, 0.25) is 11.8 Å². The zero-order chi connectivity index (χ0) is 17.3. The fourth-order valence-corrected chi connectivity index (χ4v) is 4.53. The van der Waals surface area contributed by atoms with Crippen LogP contribution in [-0.2, 0) is 14.3 Å². The maximum absolute atomic E-state index is 12.7. The first-order chi connectivity index (χ1) is 11.5. The standard InChI is InChI=1S/C18H30N2O4/c1-3-19-12-18(15(17(19)23)11-24-4-2)5-7-20(8-6-18)16(22)13-9-14(21)10-13/h13-15,21H,3-12H2,1-2H3. The summed E-state index contributed by atoms with van der Waals surface area (Å²) >= 11 is 0. The van der Waals surface area contributed by atoms with Gasteiger partial charge in [-0.3, -0.25) is 9.59 Å². The van der Waals surface area contributed by atoms with E-state index in [1.165, 1.54) is 0 Å². The summed E-state index contributed by atoms with van der Waals surface area (Å²) in [7, 11) is 0. The summed E-state index contributed by atoms with van der Waals surface area (Å²) in [4.78, 5) is 29.0. The Labute approximate surface area is 144 Å². The van der Waals surface area contributed by atoms with Crippen molar-refractivity contribution in [2.75, 3.05) is 39.4 Å². The number of rotatable bonds is 5. The third-order valence-electron chi connectivity index (χ3n) is 6.26. The number of hydrogen-bond donors (Lipinski definition) is 1. The third kappa shape index (κ3) is 3.06. The number of amides is 2. The molecule has 2 amide bonds. The van der Waals surface area contributed by atoms with Crippen molar-refractivity contribution in [3.05, 3.63) is 0 Å². The molecular formula is C18H30N2O4. The van der Waals surface area contributed by atoms with Gasteiger partial charge in [0.1, 0.15) is 0 Å². The van der Waals surface area contributed by atoms with Gasteiger partial charge in [0.05, 0.1) is 18.6 Å². The van der Waals surface area contributed by atoms with Gasteiger partial charge in [-0.25, -0.2) is 0 Å². The van der Waals surface area contributed by atoms with Crippen LogP contribution in [0.5, 0.6) is 0 Å². The second-order valence-corrected chi connectivity index (χ2v) is 7.57. The molecule has 1 N–H and O–H groups in total. The Balaban J connectivity index is 1.63. The highest BCUT2D eigenvalue weighted by Gasteiger charge is 2.53. The van der Waals surface area contributed by atoms with E-state index in [1.54, 1.807) is 0 Å². The molecule has 1 aliphatic carbocycles. The molecule has 0 radical (unpaired) electrons. The van der Waals surface area contributed by atoms with E-state index in [0.29, 0.717) is 26.1 Å². The van der Waals surface area contributed by atoms with Gasteiger partial charge in [0, 0.05) is 44.1 Å². The van der Waals surface area contributed by atoms with Gasteiger partial charge < -0.3 is 19.6 Å². The number of ether oxygens (including phenoxy) is 1. The van der Waals surface area contributed by atoms with E-state index in [9.17, 15) is 14.7 Å². The maximum Gasteiger partial charge on any atom is 0.228 e. The van der Waals surface area contributed by atoms with Crippen molar-refractivity contribution < 1.29 is 19.4 Å². The second-order valence-electron chi connectivity index (χ2n) is 7.57. The second kappa shape index (κ2) is 7.00. The van der Waals surface area contributed by atoms with Crippen LogP contribution in [0.2, 0.25) is 0 Å². The highest BCUT2D eigenvalue weighted by atomic mass is 16.5. The molecule has 0 aromatic carbocycles. The summed E-state index contributed by atoms with van der Waals surface area (Å²) < 4.78 is 5.60. The molecule has 0 bridgehead atoms. The lowest BCUT2D eigenvalue weighted by Crippen LogP contribution is -2.51. The largest absolute Gasteiger partial charge is 0.393 e. The summed E-state index contributed by atoms with van der Waals surface area (Å²) in [5, 5.41) is 9.41. The average Bonchev–Trinajstić information content (AvgIpc) is 2.81. The van der Waals surface area contributed by atoms with Gasteiger partial charge >= 0.3 is 0 Å². The molecule has 2 aliphatic heterocycles. The normalized spacial score (nSPS) is 32.3. The van der Waals surface area contributed by atoms with Crippen molar-refractivity contribution in [2.45, 2.75) is 45.6 Å². The lowest BCUT2D eigenvalue weighted by molar-refractivity contribution is -0.145. The van der Waals surface area contributed by atoms with E-state index in [4.69, 9.17) is 4.74 Å². The lowest BCUT2D eigenvalue weighted by atomic mass is 9.70. The van der Waals surface area contributed by atoms with Crippen LogP contribution in [0.1, 0.15) is 39.5 Å². The zero-order valence-electron chi connectivity index (χ0n) is 14.9. The van der Waals surface area contributed by atoms with Gasteiger partial charge in [0.15, 0.2) is 0 Å². The molecule has 0 aromatic heterocycles. The van der Waals surface area contributed by atoms with Crippen molar-refractivity contribution >= 4 is 11.8 Å². The van der Waals surface area contributed by atoms with E-state index in [1.807, 2.05) is 23.6 Å². The Kier molecular flexibility index (Phi) is 5.16. The van der Waals surface area contributed by atoms with E-state index < -0.39 is 0 Å². The molecule has 6 nitrogen and oxygen atoms in total. The Morgan fingerprint density at radius 1 is 1.29 bits per heavy atom. The minimum atomic E-state index is -0.295. The van der Waals surface area contributed by atoms with Crippen LogP contribution in [0, 0.1) is 17.3 Å². The molecule has 0 aromatic rings. The minimum absolute atomic E-state index is 0.00521. The van der Waals surface area contributed by atoms with Crippen molar-refractivity contribution in [2.24, 2.45) is 17.3 Å². The van der Waals surface area contributed by atoms with Crippen molar-refractivity contribution in [1.82, 2.24) is 9.80 Å². The topological polar surface area (TPSA) is 70.1 Å². The van der Waals surface area contributed by atoms with Crippen LogP contribution in [0.25, 0.3) is 0 Å². The number of aliphatic hydroxyl groups is 1. The number of likely N-dealkylation sites (tertiary alicyclic amines) is 2. The Hall–Kier alpha value is -1.14. The minimum Gasteiger partial charge on any atom is -0.393 e. The van der Waals surface area contributed by atoms with Crippen LogP contribution in [0.4, 0.5) is 0 Å². The molecule has 24 heavy (non-hydrogen) atoms. The van der Waals surface area contributed by atoms with Crippen LogP contribution in [-0.4, -0.2) is 72.2 Å². The first kappa shape index (κ1) is 17.7. The fraction of sp³-hybridized carbons (Fsp3) is 0.889. The van der Waals surface area contributed by atoms with Crippen molar-refractivity contribution in [3.63, 3.8) is 0 Å². The monoisotopic (exact) mass is 338 g/mol. The van der Waals surface area contributed by atoms with Gasteiger partial charge in [0.25, 0.3) is 0 Å². The molecule has 1 saturated carbocycles. The molecule has 3 fully saturated rings. The number of hydrogen-bond acceptors (Lipinski definition) is 4. The van der Waals surface area contributed by atoms with Gasteiger partial charge in [-0.1, -0.05) is 0 Å². The first-order valence-electron chi connectivity index (χ1n) is 9.34. The quantitative estimate of drug-likeness (QED) is 0.808. The summed E-state index contributed by atoms with van der Waals surface area (Å²) in [6.07, 6.45) is 2.66. The Bertz CT molecular complexity index is 481. The Morgan fingerprint density at radius 2 is 1.96 bits per heavy atom. The van der Waals surface area contributed by atoms with Crippen LogP contribution in [0.3, 0.4) is 0 Å². The fourth-order valence-electron chi connectivity index (χ4n) is 4.53. The predicted octanol–water partition coefficient (Wildman–Crippen LogP) is 0.881. The van der Waals surface area contributed by atoms with Gasteiger partial charge in [-0.05, 0) is 39.5 Å². The number of carbonyl (C=O) groups is 2. The molecular weight excluding hydrogens is 308 g/mol. The Morgan fingerprint density at radius 3 is 2.50 bits per heavy atom. The lowest BCUT2D eigenvalue weighted by Gasteiger charge is -2.44. The smallest absolute Gasteiger partial charge is 0.228 e. The molecule has 136 valence electrons. The molecule has 3 rings (SSSR count). The number of nitrogens with zero attached hydrogens (tertiary/aromatic N) is 2. The number of aliphatic hydroxyl groups excluding tert-OH is 1. The van der Waals surface area contributed by atoms with E-state index in [-0.39, 0.29) is 35.2 Å². The van der Waals surface area contributed by atoms with E-state index >= 15 is 0 Å². The molecule has 1 atom stereocenters. The van der Waals surface area contributed by atoms with E-state index in [2.05, 4.69) is 0 Å².